The fourth-order valence-electron chi connectivity index (χ4n) is 2.50. The van der Waals surface area contributed by atoms with Crippen molar-refractivity contribution >= 4 is 23.2 Å². The van der Waals surface area contributed by atoms with Crippen LogP contribution in [0, 0.1) is 5.82 Å². The maximum atomic E-state index is 13.6. The fourth-order valence-corrected chi connectivity index (χ4v) is 2.62. The maximum Gasteiger partial charge on any atom is 0.351 e. The monoisotopic (exact) mass is 362 g/mol. The number of benzene rings is 1. The molecule has 0 aliphatic rings. The smallest absolute Gasteiger partial charge is 0.348 e. The summed E-state index contributed by atoms with van der Waals surface area (Å²) in [5.74, 6) is -0.946. The highest BCUT2D eigenvalue weighted by atomic mass is 35.5. The topological polar surface area (TPSA) is 68.4 Å². The van der Waals surface area contributed by atoms with Gasteiger partial charge < -0.3 is 5.32 Å². The number of nitrogens with zero attached hydrogens (tertiary/aromatic N) is 3. The van der Waals surface area contributed by atoms with Crippen LogP contribution >= 0.6 is 11.6 Å². The maximum absolute atomic E-state index is 13.6. The average molecular weight is 363 g/mol. The van der Waals surface area contributed by atoms with Gasteiger partial charge in [-0.1, -0.05) is 23.7 Å². The third-order valence-electron chi connectivity index (χ3n) is 4.00. The van der Waals surface area contributed by atoms with Gasteiger partial charge in [-0.15, -0.1) is 5.10 Å². The molecule has 6 nitrogen and oxygen atoms in total. The molecule has 0 bridgehead atoms. The van der Waals surface area contributed by atoms with E-state index in [1.54, 1.807) is 44.3 Å². The van der Waals surface area contributed by atoms with Crippen LogP contribution in [0.25, 0.3) is 5.65 Å². The van der Waals surface area contributed by atoms with Gasteiger partial charge in [0.25, 0.3) is 0 Å². The van der Waals surface area contributed by atoms with Crippen LogP contribution in [-0.2, 0) is 4.79 Å². The van der Waals surface area contributed by atoms with E-state index < -0.39 is 29.5 Å². The highest BCUT2D eigenvalue weighted by Gasteiger charge is 2.22. The number of hydrogen-bond donors (Lipinski definition) is 1. The van der Waals surface area contributed by atoms with Crippen LogP contribution in [0.15, 0.2) is 47.4 Å². The highest BCUT2D eigenvalue weighted by molar-refractivity contribution is 6.30. The summed E-state index contributed by atoms with van der Waals surface area (Å²) in [6.45, 7) is 3.30. The van der Waals surface area contributed by atoms with Gasteiger partial charge in [-0.2, -0.15) is 0 Å². The molecule has 8 heteroatoms. The Balaban J connectivity index is 1.80. The number of halogens is 2. The minimum atomic E-state index is -0.813. The molecule has 0 unspecified atom stereocenters. The van der Waals surface area contributed by atoms with E-state index in [-0.39, 0.29) is 5.02 Å². The molecular weight excluding hydrogens is 347 g/mol. The summed E-state index contributed by atoms with van der Waals surface area (Å²) in [5, 5.41) is 6.94. The number of carbonyl (C=O) groups is 1. The summed E-state index contributed by atoms with van der Waals surface area (Å²) < 4.78 is 16.1. The predicted octanol–water partition coefficient (Wildman–Crippen LogP) is 2.73. The van der Waals surface area contributed by atoms with Crippen LogP contribution in [0.3, 0.4) is 0 Å². The van der Waals surface area contributed by atoms with Crippen molar-refractivity contribution in [1.29, 1.82) is 0 Å². The van der Waals surface area contributed by atoms with Gasteiger partial charge in [0, 0.05) is 6.20 Å². The van der Waals surface area contributed by atoms with Crippen LogP contribution in [-0.4, -0.2) is 20.1 Å². The van der Waals surface area contributed by atoms with E-state index in [2.05, 4.69) is 10.4 Å². The molecule has 0 spiro atoms. The van der Waals surface area contributed by atoms with E-state index in [9.17, 15) is 14.0 Å². The lowest BCUT2D eigenvalue weighted by Crippen LogP contribution is -2.37. The quantitative estimate of drug-likeness (QED) is 0.776. The normalized spacial score (nSPS) is 13.6. The molecule has 0 saturated carbocycles. The van der Waals surface area contributed by atoms with E-state index >= 15 is 0 Å². The summed E-state index contributed by atoms with van der Waals surface area (Å²) in [4.78, 5) is 24.8. The van der Waals surface area contributed by atoms with E-state index in [4.69, 9.17) is 11.6 Å². The van der Waals surface area contributed by atoms with Crippen molar-refractivity contribution in [3.63, 3.8) is 0 Å². The Hall–Kier alpha value is -2.67. The molecule has 2 atom stereocenters. The predicted molar refractivity (Wildman–Crippen MR) is 92.1 cm³/mol. The van der Waals surface area contributed by atoms with Crippen LogP contribution < -0.4 is 11.0 Å². The molecule has 1 amide bonds. The Morgan fingerprint density at radius 3 is 2.72 bits per heavy atom. The van der Waals surface area contributed by atoms with E-state index in [1.165, 1.54) is 16.5 Å². The second-order valence-electron chi connectivity index (χ2n) is 5.74. The van der Waals surface area contributed by atoms with E-state index in [1.807, 2.05) is 0 Å². The van der Waals surface area contributed by atoms with Crippen LogP contribution in [0.4, 0.5) is 4.39 Å². The zero-order chi connectivity index (χ0) is 18.1. The van der Waals surface area contributed by atoms with Crippen LogP contribution in [0.2, 0.25) is 5.02 Å². The second-order valence-corrected chi connectivity index (χ2v) is 6.14. The highest BCUT2D eigenvalue weighted by Crippen LogP contribution is 2.20. The minimum Gasteiger partial charge on any atom is -0.348 e. The number of pyridine rings is 1. The van der Waals surface area contributed by atoms with Gasteiger partial charge in [0.2, 0.25) is 5.91 Å². The van der Waals surface area contributed by atoms with Crippen molar-refractivity contribution in [3.05, 3.63) is 69.5 Å². The lowest BCUT2D eigenvalue weighted by Gasteiger charge is -2.17. The molecule has 130 valence electrons. The Labute approximate surface area is 147 Å². The minimum absolute atomic E-state index is 0.0203. The van der Waals surface area contributed by atoms with Crippen molar-refractivity contribution in [1.82, 2.24) is 19.5 Å². The number of hydrogen-bond acceptors (Lipinski definition) is 3. The third kappa shape index (κ3) is 3.28. The van der Waals surface area contributed by atoms with Gasteiger partial charge in [-0.25, -0.2) is 13.9 Å². The van der Waals surface area contributed by atoms with Crippen molar-refractivity contribution in [2.45, 2.75) is 25.9 Å². The van der Waals surface area contributed by atoms with Gasteiger partial charge in [0.15, 0.2) is 5.65 Å². The second kappa shape index (κ2) is 6.68. The Morgan fingerprint density at radius 1 is 1.28 bits per heavy atom. The first kappa shape index (κ1) is 17.2. The molecule has 2 aromatic heterocycles. The molecule has 3 aromatic rings. The SMILES string of the molecule is C[C@H](NC(=O)[C@@H](C)n1nc2ccccn2c1=O)c1ccc(Cl)c(F)c1. The first-order valence-corrected chi connectivity index (χ1v) is 8.07. The number of amides is 1. The molecule has 1 aromatic carbocycles. The zero-order valence-corrected chi connectivity index (χ0v) is 14.4. The third-order valence-corrected chi connectivity index (χ3v) is 4.31. The molecule has 1 N–H and O–H groups in total. The summed E-state index contributed by atoms with van der Waals surface area (Å²) >= 11 is 5.67. The van der Waals surface area contributed by atoms with Crippen molar-refractivity contribution < 1.29 is 9.18 Å². The van der Waals surface area contributed by atoms with Gasteiger partial charge in [0.05, 0.1) is 11.1 Å². The Morgan fingerprint density at radius 2 is 2.04 bits per heavy atom. The van der Waals surface area contributed by atoms with Crippen molar-refractivity contribution in [2.75, 3.05) is 0 Å². The Bertz CT molecular complexity index is 998. The van der Waals surface area contributed by atoms with Crippen LogP contribution in [0.1, 0.15) is 31.5 Å². The van der Waals surface area contributed by atoms with Gasteiger partial charge in [0.1, 0.15) is 11.9 Å². The lowest BCUT2D eigenvalue weighted by molar-refractivity contribution is -0.124. The van der Waals surface area contributed by atoms with E-state index in [0.717, 1.165) is 4.68 Å². The number of carbonyl (C=O) groups excluding carboxylic acids is 1. The summed E-state index contributed by atoms with van der Waals surface area (Å²) in [6, 6.07) is 8.23. The average Bonchev–Trinajstić information content (AvgIpc) is 2.93. The first-order chi connectivity index (χ1) is 11.9. The van der Waals surface area contributed by atoms with Gasteiger partial charge in [-0.3, -0.25) is 9.20 Å². The summed E-state index contributed by atoms with van der Waals surface area (Å²) in [7, 11) is 0. The largest absolute Gasteiger partial charge is 0.351 e. The molecule has 2 heterocycles. The summed E-state index contributed by atoms with van der Waals surface area (Å²) in [5.41, 5.74) is 0.633. The molecule has 25 heavy (non-hydrogen) atoms. The molecular formula is C17H16ClFN4O2. The van der Waals surface area contributed by atoms with Gasteiger partial charge >= 0.3 is 5.69 Å². The standard InChI is InChI=1S/C17H16ClFN4O2/c1-10(12-6-7-13(18)14(19)9-12)20-16(24)11(2)23-17(25)22-8-4-3-5-15(22)21-23/h3-11H,1-2H3,(H,20,24)/t10-,11+/m0/s1. The first-order valence-electron chi connectivity index (χ1n) is 7.69. The number of aromatic nitrogens is 3. The van der Waals surface area contributed by atoms with Crippen molar-refractivity contribution in [3.8, 4) is 0 Å². The van der Waals surface area contributed by atoms with E-state index in [0.29, 0.717) is 11.2 Å². The molecule has 0 radical (unpaired) electrons. The van der Waals surface area contributed by atoms with Crippen molar-refractivity contribution in [2.24, 2.45) is 0 Å². The Kier molecular flexibility index (Phi) is 4.59. The lowest BCUT2D eigenvalue weighted by atomic mass is 10.1. The molecule has 3 rings (SSSR count). The van der Waals surface area contributed by atoms with Gasteiger partial charge in [-0.05, 0) is 43.7 Å². The summed E-state index contributed by atoms with van der Waals surface area (Å²) in [6.07, 6.45) is 1.59. The number of rotatable bonds is 4. The number of fused-ring (bicyclic) bond motifs is 1. The number of nitrogens with one attached hydrogen (secondary N) is 1. The zero-order valence-electron chi connectivity index (χ0n) is 13.6. The molecule has 0 aliphatic heterocycles. The van der Waals surface area contributed by atoms with Crippen LogP contribution in [0.5, 0.6) is 0 Å². The molecule has 0 aliphatic carbocycles. The fraction of sp³-hybridized carbons (Fsp3) is 0.235. The molecule has 0 fully saturated rings. The molecule has 0 saturated heterocycles.